The number of carbonyl (C=O) groups excluding carboxylic acids is 1. The third-order valence-electron chi connectivity index (χ3n) is 5.15. The quantitative estimate of drug-likeness (QED) is 0.469. The van der Waals surface area contributed by atoms with E-state index < -0.39 is 5.97 Å². The number of thiophene rings is 1. The van der Waals surface area contributed by atoms with E-state index >= 15 is 0 Å². The average Bonchev–Trinajstić information content (AvgIpc) is 3.28. The summed E-state index contributed by atoms with van der Waals surface area (Å²) in [6.45, 7) is 3.70. The van der Waals surface area contributed by atoms with Crippen molar-refractivity contribution in [2.45, 2.75) is 19.8 Å². The van der Waals surface area contributed by atoms with E-state index in [0.29, 0.717) is 22.8 Å². The van der Waals surface area contributed by atoms with Crippen molar-refractivity contribution in [3.8, 4) is 23.3 Å². The molecule has 0 aliphatic carbocycles. The Kier molecular flexibility index (Phi) is 5.65. The van der Waals surface area contributed by atoms with Crippen LogP contribution in [0.4, 0.5) is 0 Å². The van der Waals surface area contributed by atoms with Gasteiger partial charge in [-0.15, -0.1) is 11.3 Å². The van der Waals surface area contributed by atoms with Gasteiger partial charge in [0.15, 0.2) is 6.61 Å². The molecule has 6 nitrogen and oxygen atoms in total. The molecule has 2 heterocycles. The highest BCUT2D eigenvalue weighted by Gasteiger charge is 2.31. The van der Waals surface area contributed by atoms with Crippen molar-refractivity contribution in [1.82, 2.24) is 0 Å². The van der Waals surface area contributed by atoms with E-state index in [4.69, 9.17) is 19.9 Å². The number of hydrogen-bond donors (Lipinski definition) is 1. The molecule has 0 radical (unpaired) electrons. The minimum atomic E-state index is -0.535. The van der Waals surface area contributed by atoms with Crippen LogP contribution < -0.4 is 19.9 Å². The fraction of sp³-hybridized carbons (Fsp3) is 0.167. The Morgan fingerprint density at radius 2 is 2.06 bits per heavy atom. The highest BCUT2D eigenvalue weighted by molar-refractivity contribution is 7.10. The van der Waals surface area contributed by atoms with Crippen molar-refractivity contribution < 1.29 is 19.0 Å². The summed E-state index contributed by atoms with van der Waals surface area (Å²) in [5.74, 6) is 0.613. The molecule has 0 fully saturated rings. The first-order valence-corrected chi connectivity index (χ1v) is 10.5. The number of nitriles is 1. The molecule has 2 N–H and O–H groups in total. The Balaban J connectivity index is 1.52. The van der Waals surface area contributed by atoms with Crippen LogP contribution in [0.1, 0.15) is 27.5 Å². The second kappa shape index (κ2) is 8.54. The highest BCUT2D eigenvalue weighted by atomic mass is 32.1. The Morgan fingerprint density at radius 1 is 1.23 bits per heavy atom. The molecule has 0 spiro atoms. The van der Waals surface area contributed by atoms with E-state index in [2.05, 4.69) is 6.07 Å². The number of ether oxygens (including phenoxy) is 3. The molecule has 2 aromatic carbocycles. The second-order valence-electron chi connectivity index (χ2n) is 7.10. The summed E-state index contributed by atoms with van der Waals surface area (Å²) >= 11 is 1.54. The summed E-state index contributed by atoms with van der Waals surface area (Å²) in [5, 5.41) is 11.5. The fourth-order valence-electron chi connectivity index (χ4n) is 3.43. The molecule has 1 unspecified atom stereocenters. The Hall–Kier alpha value is -3.76. The number of aryl methyl sites for hydroxylation is 1. The zero-order valence-corrected chi connectivity index (χ0v) is 17.9. The number of allylic oxidation sites excluding steroid dienone is 1. The standard InChI is InChI=1S/C24H20N2O4S/c1-14-5-3-6-19(15(14)2)28-13-22(27)29-16-8-9-17-20(11-16)30-24(26)18(12-25)23(17)21-7-4-10-31-21/h3-11,23H,13,26H2,1-2H3. The highest BCUT2D eigenvalue weighted by Crippen LogP contribution is 2.44. The predicted molar refractivity (Wildman–Crippen MR) is 117 cm³/mol. The molecule has 0 bridgehead atoms. The molecule has 4 rings (SSSR count). The minimum Gasteiger partial charge on any atom is -0.482 e. The van der Waals surface area contributed by atoms with Crippen LogP contribution in [0.2, 0.25) is 0 Å². The lowest BCUT2D eigenvalue weighted by atomic mass is 9.88. The lowest BCUT2D eigenvalue weighted by Gasteiger charge is -2.25. The minimum absolute atomic E-state index is 0.0510. The fourth-order valence-corrected chi connectivity index (χ4v) is 4.28. The van der Waals surface area contributed by atoms with Gasteiger partial charge in [-0.2, -0.15) is 5.26 Å². The van der Waals surface area contributed by atoms with Gasteiger partial charge < -0.3 is 19.9 Å². The van der Waals surface area contributed by atoms with Crippen molar-refractivity contribution in [3.05, 3.63) is 86.9 Å². The van der Waals surface area contributed by atoms with Crippen LogP contribution in [-0.4, -0.2) is 12.6 Å². The van der Waals surface area contributed by atoms with E-state index in [-0.39, 0.29) is 18.4 Å². The Labute approximate surface area is 184 Å². The third-order valence-corrected chi connectivity index (χ3v) is 6.09. The Bertz CT molecular complexity index is 1210. The molecule has 1 aliphatic rings. The van der Waals surface area contributed by atoms with Crippen molar-refractivity contribution in [2.24, 2.45) is 5.73 Å². The maximum atomic E-state index is 12.3. The van der Waals surface area contributed by atoms with Crippen LogP contribution >= 0.6 is 11.3 Å². The van der Waals surface area contributed by atoms with Crippen molar-refractivity contribution in [1.29, 1.82) is 5.26 Å². The largest absolute Gasteiger partial charge is 0.482 e. The van der Waals surface area contributed by atoms with E-state index in [0.717, 1.165) is 21.6 Å². The van der Waals surface area contributed by atoms with Gasteiger partial charge in [-0.1, -0.05) is 24.3 Å². The smallest absolute Gasteiger partial charge is 0.349 e. The first kappa shape index (κ1) is 20.5. The zero-order chi connectivity index (χ0) is 22.0. The number of esters is 1. The second-order valence-corrected chi connectivity index (χ2v) is 8.08. The molecular formula is C24H20N2O4S. The molecule has 0 saturated heterocycles. The zero-order valence-electron chi connectivity index (χ0n) is 17.0. The molecule has 31 heavy (non-hydrogen) atoms. The van der Waals surface area contributed by atoms with Gasteiger partial charge in [0, 0.05) is 16.5 Å². The van der Waals surface area contributed by atoms with Crippen molar-refractivity contribution >= 4 is 17.3 Å². The molecule has 3 aromatic rings. The summed E-state index contributed by atoms with van der Waals surface area (Å²) < 4.78 is 16.7. The van der Waals surface area contributed by atoms with E-state index in [1.807, 2.05) is 49.6 Å². The van der Waals surface area contributed by atoms with Gasteiger partial charge in [0.2, 0.25) is 5.88 Å². The average molecular weight is 433 g/mol. The maximum Gasteiger partial charge on any atom is 0.349 e. The molecule has 7 heteroatoms. The normalized spacial score (nSPS) is 14.9. The van der Waals surface area contributed by atoms with Gasteiger partial charge in [0.05, 0.1) is 5.92 Å². The van der Waals surface area contributed by atoms with Gasteiger partial charge in [-0.25, -0.2) is 4.79 Å². The first-order valence-electron chi connectivity index (χ1n) is 9.62. The van der Waals surface area contributed by atoms with Gasteiger partial charge in [-0.3, -0.25) is 0 Å². The number of hydrogen-bond acceptors (Lipinski definition) is 7. The van der Waals surface area contributed by atoms with E-state index in [1.165, 1.54) is 11.3 Å². The summed E-state index contributed by atoms with van der Waals surface area (Å²) in [6, 6.07) is 16.8. The van der Waals surface area contributed by atoms with Crippen molar-refractivity contribution in [2.75, 3.05) is 6.61 Å². The number of rotatable bonds is 5. The summed E-state index contributed by atoms with van der Waals surface area (Å²) in [4.78, 5) is 13.3. The summed E-state index contributed by atoms with van der Waals surface area (Å²) in [7, 11) is 0. The van der Waals surface area contributed by atoms with Crippen molar-refractivity contribution in [3.63, 3.8) is 0 Å². The van der Waals surface area contributed by atoms with Crippen LogP contribution in [0.25, 0.3) is 0 Å². The first-order chi connectivity index (χ1) is 15.0. The van der Waals surface area contributed by atoms with Crippen LogP contribution in [0.15, 0.2) is 65.4 Å². The monoisotopic (exact) mass is 432 g/mol. The van der Waals surface area contributed by atoms with E-state index in [1.54, 1.807) is 18.2 Å². The number of fused-ring (bicyclic) bond motifs is 1. The topological polar surface area (TPSA) is 94.6 Å². The van der Waals surface area contributed by atoms with Crippen LogP contribution in [0, 0.1) is 25.2 Å². The number of nitrogens with zero attached hydrogens (tertiary/aromatic N) is 1. The third kappa shape index (κ3) is 4.11. The lowest BCUT2D eigenvalue weighted by Crippen LogP contribution is -2.21. The Morgan fingerprint density at radius 3 is 2.81 bits per heavy atom. The van der Waals surface area contributed by atoms with E-state index in [9.17, 15) is 10.1 Å². The van der Waals surface area contributed by atoms with Gasteiger partial charge >= 0.3 is 5.97 Å². The summed E-state index contributed by atoms with van der Waals surface area (Å²) in [6.07, 6.45) is 0. The van der Waals surface area contributed by atoms with Crippen LogP contribution in [0.5, 0.6) is 17.2 Å². The number of carbonyl (C=O) groups is 1. The maximum absolute atomic E-state index is 12.3. The molecule has 0 saturated carbocycles. The van der Waals surface area contributed by atoms with Gasteiger partial charge in [0.1, 0.15) is 28.9 Å². The molecule has 1 atom stereocenters. The van der Waals surface area contributed by atoms with Crippen LogP contribution in [-0.2, 0) is 4.79 Å². The molecule has 1 aromatic heterocycles. The molecule has 0 amide bonds. The van der Waals surface area contributed by atoms with Gasteiger partial charge in [-0.05, 0) is 48.6 Å². The number of benzene rings is 2. The molecular weight excluding hydrogens is 412 g/mol. The molecule has 1 aliphatic heterocycles. The van der Waals surface area contributed by atoms with Crippen LogP contribution in [0.3, 0.4) is 0 Å². The summed E-state index contributed by atoms with van der Waals surface area (Å²) in [5.41, 5.74) is 9.22. The molecule has 156 valence electrons. The number of nitrogens with two attached hydrogens (primary N) is 1. The van der Waals surface area contributed by atoms with Gasteiger partial charge in [0.25, 0.3) is 0 Å². The predicted octanol–water partition coefficient (Wildman–Crippen LogP) is 4.57. The SMILES string of the molecule is Cc1cccc(OCC(=O)Oc2ccc3c(c2)OC(N)=C(C#N)C3c2cccs2)c1C. The lowest BCUT2D eigenvalue weighted by molar-refractivity contribution is -0.136.